The average Bonchev–Trinajstić information content (AvgIpc) is 2.98. The molecule has 0 atom stereocenters. The Balaban J connectivity index is 1.71. The number of hydrogen-bond acceptors (Lipinski definition) is 3. The number of imidazole rings is 1. The van der Waals surface area contributed by atoms with Gasteiger partial charge in [-0.15, -0.1) is 0 Å². The van der Waals surface area contributed by atoms with Crippen LogP contribution in [0.25, 0.3) is 11.3 Å². The highest BCUT2D eigenvalue weighted by Crippen LogP contribution is 2.22. The second-order valence-electron chi connectivity index (χ2n) is 5.64. The smallest absolute Gasteiger partial charge is 0.323 e. The summed E-state index contributed by atoms with van der Waals surface area (Å²) in [7, 11) is 0. The molecule has 1 aromatic heterocycles. The van der Waals surface area contributed by atoms with Gasteiger partial charge in [0.05, 0.1) is 11.9 Å². The van der Waals surface area contributed by atoms with Crippen LogP contribution in [0.4, 0.5) is 22.1 Å². The van der Waals surface area contributed by atoms with Crippen molar-refractivity contribution >= 4 is 23.4 Å². The van der Waals surface area contributed by atoms with Crippen molar-refractivity contribution in [2.75, 3.05) is 16.4 Å². The summed E-state index contributed by atoms with van der Waals surface area (Å²) in [6.07, 6.45) is 1.66. The van der Waals surface area contributed by atoms with Gasteiger partial charge in [0.2, 0.25) is 0 Å². The van der Waals surface area contributed by atoms with Crippen molar-refractivity contribution < 1.29 is 4.79 Å². The maximum Gasteiger partial charge on any atom is 0.323 e. The first kappa shape index (κ1) is 15.6. The van der Waals surface area contributed by atoms with Crippen LogP contribution in [-0.2, 0) is 0 Å². The molecule has 1 heterocycles. The Morgan fingerprint density at radius 1 is 1.04 bits per heavy atom. The Morgan fingerprint density at radius 2 is 1.79 bits per heavy atom. The molecule has 3 rings (SSSR count). The zero-order chi connectivity index (χ0) is 17.1. The fraction of sp³-hybridized carbons (Fsp3) is 0.111. The number of nitrogens with two attached hydrogens (primary N) is 1. The molecule has 3 aromatic rings. The van der Waals surface area contributed by atoms with E-state index in [-0.39, 0.29) is 6.03 Å². The first-order valence-corrected chi connectivity index (χ1v) is 7.57. The maximum absolute atomic E-state index is 12.2. The normalized spacial score (nSPS) is 10.4. The van der Waals surface area contributed by atoms with Gasteiger partial charge in [0.15, 0.2) is 5.95 Å². The molecule has 5 N–H and O–H groups in total. The Hall–Kier alpha value is -3.28. The number of hydrogen-bond donors (Lipinski definition) is 4. The SMILES string of the molecule is Cc1ccc(NC(=O)Nc2cccc(-c3cnc(N)[nH]3)c2)cc1C. The number of nitrogens with one attached hydrogen (secondary N) is 3. The molecule has 0 saturated carbocycles. The number of aryl methyl sites for hydroxylation is 2. The highest BCUT2D eigenvalue weighted by atomic mass is 16.2. The van der Waals surface area contributed by atoms with E-state index in [1.807, 2.05) is 56.3 Å². The van der Waals surface area contributed by atoms with Crippen LogP contribution < -0.4 is 16.4 Å². The second kappa shape index (κ2) is 6.45. The number of aromatic amines is 1. The van der Waals surface area contributed by atoms with Gasteiger partial charge in [-0.2, -0.15) is 0 Å². The summed E-state index contributed by atoms with van der Waals surface area (Å²) in [6, 6.07) is 13.0. The molecule has 0 aliphatic carbocycles. The number of benzene rings is 2. The lowest BCUT2D eigenvalue weighted by Gasteiger charge is -2.10. The number of H-pyrrole nitrogens is 1. The molecule has 0 unspecified atom stereocenters. The molecule has 2 aromatic carbocycles. The van der Waals surface area contributed by atoms with Gasteiger partial charge < -0.3 is 21.4 Å². The molecule has 6 nitrogen and oxygen atoms in total. The highest BCUT2D eigenvalue weighted by molar-refractivity contribution is 6.00. The monoisotopic (exact) mass is 321 g/mol. The van der Waals surface area contributed by atoms with Crippen LogP contribution in [0.3, 0.4) is 0 Å². The van der Waals surface area contributed by atoms with Crippen molar-refractivity contribution in [1.29, 1.82) is 0 Å². The summed E-state index contributed by atoms with van der Waals surface area (Å²) < 4.78 is 0. The van der Waals surface area contributed by atoms with Crippen LogP contribution in [0, 0.1) is 13.8 Å². The first-order chi connectivity index (χ1) is 11.5. The van der Waals surface area contributed by atoms with Gasteiger partial charge >= 0.3 is 6.03 Å². The van der Waals surface area contributed by atoms with Crippen molar-refractivity contribution in [1.82, 2.24) is 9.97 Å². The molecule has 0 radical (unpaired) electrons. The van der Waals surface area contributed by atoms with Crippen LogP contribution in [0.1, 0.15) is 11.1 Å². The Kier molecular flexibility index (Phi) is 4.20. The lowest BCUT2D eigenvalue weighted by molar-refractivity contribution is 0.262. The standard InChI is InChI=1S/C18H19N5O/c1-11-6-7-15(8-12(11)2)22-18(24)21-14-5-3-4-13(9-14)16-10-20-17(19)23-16/h3-10H,1-2H3,(H3,19,20,23)(H2,21,22,24). The van der Waals surface area contributed by atoms with E-state index < -0.39 is 0 Å². The van der Waals surface area contributed by atoms with Gasteiger partial charge in [0.1, 0.15) is 0 Å². The topological polar surface area (TPSA) is 95.8 Å². The van der Waals surface area contributed by atoms with Crippen molar-refractivity contribution in [2.45, 2.75) is 13.8 Å². The molecule has 0 spiro atoms. The van der Waals surface area contributed by atoms with Gasteiger partial charge in [-0.1, -0.05) is 18.2 Å². The lowest BCUT2D eigenvalue weighted by atomic mass is 10.1. The zero-order valence-electron chi connectivity index (χ0n) is 13.6. The Morgan fingerprint density at radius 3 is 2.46 bits per heavy atom. The molecule has 122 valence electrons. The minimum Gasteiger partial charge on any atom is -0.369 e. The maximum atomic E-state index is 12.2. The molecular formula is C18H19N5O. The van der Waals surface area contributed by atoms with Gasteiger partial charge in [0.25, 0.3) is 0 Å². The minimum atomic E-state index is -0.292. The number of urea groups is 1. The van der Waals surface area contributed by atoms with Gasteiger partial charge in [-0.25, -0.2) is 9.78 Å². The molecule has 24 heavy (non-hydrogen) atoms. The van der Waals surface area contributed by atoms with E-state index in [9.17, 15) is 4.79 Å². The summed E-state index contributed by atoms with van der Waals surface area (Å²) in [4.78, 5) is 19.1. The minimum absolute atomic E-state index is 0.292. The van der Waals surface area contributed by atoms with Crippen molar-refractivity contribution in [3.8, 4) is 11.3 Å². The van der Waals surface area contributed by atoms with Crippen LogP contribution in [0.5, 0.6) is 0 Å². The average molecular weight is 321 g/mol. The number of carbonyl (C=O) groups excluding carboxylic acids is 1. The van der Waals surface area contributed by atoms with E-state index in [2.05, 4.69) is 20.6 Å². The molecule has 0 saturated heterocycles. The van der Waals surface area contributed by atoms with Gasteiger partial charge in [0, 0.05) is 16.9 Å². The Bertz CT molecular complexity index is 885. The number of amides is 2. The van der Waals surface area contributed by atoms with E-state index in [1.165, 1.54) is 5.56 Å². The molecule has 0 fully saturated rings. The second-order valence-corrected chi connectivity index (χ2v) is 5.64. The summed E-state index contributed by atoms with van der Waals surface area (Å²) in [5.74, 6) is 0.357. The van der Waals surface area contributed by atoms with Gasteiger partial charge in [-0.05, 0) is 49.2 Å². The van der Waals surface area contributed by atoms with Crippen LogP contribution >= 0.6 is 0 Å². The van der Waals surface area contributed by atoms with E-state index >= 15 is 0 Å². The van der Waals surface area contributed by atoms with Gasteiger partial charge in [-0.3, -0.25) is 0 Å². The molecule has 2 amide bonds. The third-order valence-corrected chi connectivity index (χ3v) is 3.79. The third-order valence-electron chi connectivity index (χ3n) is 3.79. The van der Waals surface area contributed by atoms with E-state index in [0.29, 0.717) is 11.6 Å². The number of anilines is 3. The van der Waals surface area contributed by atoms with Crippen LogP contribution in [0.15, 0.2) is 48.7 Å². The third kappa shape index (κ3) is 3.55. The summed E-state index contributed by atoms with van der Waals surface area (Å²) in [5, 5.41) is 5.66. The number of carbonyl (C=O) groups is 1. The highest BCUT2D eigenvalue weighted by Gasteiger charge is 2.06. The van der Waals surface area contributed by atoms with Crippen LogP contribution in [0.2, 0.25) is 0 Å². The largest absolute Gasteiger partial charge is 0.369 e. The number of nitrogens with zero attached hydrogens (tertiary/aromatic N) is 1. The molecule has 6 heteroatoms. The quantitative estimate of drug-likeness (QED) is 0.588. The van der Waals surface area contributed by atoms with Crippen molar-refractivity contribution in [2.24, 2.45) is 0 Å². The van der Waals surface area contributed by atoms with E-state index in [1.54, 1.807) is 6.20 Å². The summed E-state index contributed by atoms with van der Waals surface area (Å²) in [5.41, 5.74) is 11.0. The lowest BCUT2D eigenvalue weighted by Crippen LogP contribution is -2.19. The van der Waals surface area contributed by atoms with E-state index in [4.69, 9.17) is 5.73 Å². The van der Waals surface area contributed by atoms with Crippen LogP contribution in [-0.4, -0.2) is 16.0 Å². The number of rotatable bonds is 3. The van der Waals surface area contributed by atoms with E-state index in [0.717, 1.165) is 22.5 Å². The number of nitrogen functional groups attached to an aromatic ring is 1. The predicted molar refractivity (Wildman–Crippen MR) is 97.0 cm³/mol. The first-order valence-electron chi connectivity index (χ1n) is 7.57. The predicted octanol–water partition coefficient (Wildman–Crippen LogP) is 3.92. The van der Waals surface area contributed by atoms with Crippen molar-refractivity contribution in [3.05, 3.63) is 59.8 Å². The summed E-state index contributed by atoms with van der Waals surface area (Å²) >= 11 is 0. The Labute approximate surface area is 140 Å². The summed E-state index contributed by atoms with van der Waals surface area (Å²) in [6.45, 7) is 4.05. The molecule has 0 bridgehead atoms. The molecular weight excluding hydrogens is 302 g/mol. The number of aromatic nitrogens is 2. The van der Waals surface area contributed by atoms with Crippen molar-refractivity contribution in [3.63, 3.8) is 0 Å². The fourth-order valence-corrected chi connectivity index (χ4v) is 2.36. The fourth-order valence-electron chi connectivity index (χ4n) is 2.36. The zero-order valence-corrected chi connectivity index (χ0v) is 13.6. The molecule has 0 aliphatic heterocycles. The molecule has 0 aliphatic rings.